The van der Waals surface area contributed by atoms with Gasteiger partial charge >= 0.3 is 0 Å². The van der Waals surface area contributed by atoms with Crippen LogP contribution < -0.4 is 0 Å². The van der Waals surface area contributed by atoms with Crippen molar-refractivity contribution < 1.29 is 19.7 Å². The average Bonchev–Trinajstić information content (AvgIpc) is 2.30. The van der Waals surface area contributed by atoms with Crippen LogP contribution in [0.5, 0.6) is 0 Å². The SMILES string of the molecule is CO[C@H]1C[C@H](O)[C@@H](CO)O1. The Balaban J connectivity index is 2.36. The van der Waals surface area contributed by atoms with Gasteiger partial charge in [0.25, 0.3) is 0 Å². The Hall–Kier alpha value is -0.160. The Labute approximate surface area is 59.4 Å². The quantitative estimate of drug-likeness (QED) is 0.533. The van der Waals surface area contributed by atoms with Crippen LogP contribution in [-0.2, 0) is 9.47 Å². The first-order valence-electron chi connectivity index (χ1n) is 3.25. The number of hydrogen-bond donors (Lipinski definition) is 2. The molecule has 0 aromatic carbocycles. The Morgan fingerprint density at radius 2 is 2.40 bits per heavy atom. The van der Waals surface area contributed by atoms with E-state index in [1.54, 1.807) is 0 Å². The van der Waals surface area contributed by atoms with Crippen LogP contribution in [0.2, 0.25) is 0 Å². The molecule has 1 aliphatic heterocycles. The van der Waals surface area contributed by atoms with Crippen LogP contribution in [0, 0.1) is 0 Å². The molecule has 10 heavy (non-hydrogen) atoms. The van der Waals surface area contributed by atoms with E-state index in [1.807, 2.05) is 0 Å². The summed E-state index contributed by atoms with van der Waals surface area (Å²) in [7, 11) is 1.51. The highest BCUT2D eigenvalue weighted by atomic mass is 16.7. The molecule has 0 aromatic heterocycles. The number of ether oxygens (including phenoxy) is 2. The third-order valence-corrected chi connectivity index (χ3v) is 1.63. The largest absolute Gasteiger partial charge is 0.394 e. The minimum atomic E-state index is -0.588. The molecular weight excluding hydrogens is 136 g/mol. The highest BCUT2D eigenvalue weighted by molar-refractivity contribution is 4.76. The lowest BCUT2D eigenvalue weighted by Gasteiger charge is -2.09. The molecule has 0 unspecified atom stereocenters. The van der Waals surface area contributed by atoms with Gasteiger partial charge in [-0.05, 0) is 0 Å². The first-order valence-corrected chi connectivity index (χ1v) is 3.25. The van der Waals surface area contributed by atoms with Crippen molar-refractivity contribution in [3.63, 3.8) is 0 Å². The zero-order valence-electron chi connectivity index (χ0n) is 5.86. The fraction of sp³-hybridized carbons (Fsp3) is 1.00. The maximum absolute atomic E-state index is 9.13. The molecule has 0 bridgehead atoms. The van der Waals surface area contributed by atoms with Crippen LogP contribution in [0.3, 0.4) is 0 Å². The predicted octanol–water partition coefficient (Wildman–Crippen LogP) is -0.899. The summed E-state index contributed by atoms with van der Waals surface area (Å²) in [6.45, 7) is -0.152. The van der Waals surface area contributed by atoms with Crippen molar-refractivity contribution in [3.8, 4) is 0 Å². The zero-order chi connectivity index (χ0) is 7.56. The monoisotopic (exact) mass is 148 g/mol. The lowest BCUT2D eigenvalue weighted by atomic mass is 10.2. The molecule has 4 heteroatoms. The maximum atomic E-state index is 9.13. The van der Waals surface area contributed by atoms with E-state index < -0.39 is 12.2 Å². The molecule has 0 aromatic rings. The molecule has 1 saturated heterocycles. The first kappa shape index (κ1) is 7.94. The summed E-state index contributed by atoms with van der Waals surface area (Å²) >= 11 is 0. The smallest absolute Gasteiger partial charge is 0.160 e. The molecule has 4 nitrogen and oxygen atoms in total. The van der Waals surface area contributed by atoms with E-state index in [9.17, 15) is 0 Å². The summed E-state index contributed by atoms with van der Waals surface area (Å²) in [4.78, 5) is 0. The Bertz CT molecular complexity index is 106. The number of hydrogen-bond acceptors (Lipinski definition) is 4. The number of rotatable bonds is 2. The second-order valence-electron chi connectivity index (χ2n) is 2.33. The van der Waals surface area contributed by atoms with Crippen LogP contribution >= 0.6 is 0 Å². The van der Waals surface area contributed by atoms with Crippen molar-refractivity contribution in [3.05, 3.63) is 0 Å². The van der Waals surface area contributed by atoms with E-state index in [1.165, 1.54) is 7.11 Å². The average molecular weight is 148 g/mol. The molecule has 1 fully saturated rings. The summed E-state index contributed by atoms with van der Waals surface area (Å²) in [6, 6.07) is 0. The molecular formula is C6H12O4. The van der Waals surface area contributed by atoms with Gasteiger partial charge in [-0.3, -0.25) is 0 Å². The lowest BCUT2D eigenvalue weighted by Crippen LogP contribution is -2.24. The Morgan fingerprint density at radius 3 is 2.70 bits per heavy atom. The molecule has 0 spiro atoms. The minimum Gasteiger partial charge on any atom is -0.394 e. The van der Waals surface area contributed by atoms with Crippen molar-refractivity contribution in [1.82, 2.24) is 0 Å². The van der Waals surface area contributed by atoms with Gasteiger partial charge < -0.3 is 19.7 Å². The second-order valence-corrected chi connectivity index (χ2v) is 2.33. The molecule has 1 rings (SSSR count). The summed E-state index contributed by atoms with van der Waals surface area (Å²) in [5.41, 5.74) is 0. The molecule has 60 valence electrons. The predicted molar refractivity (Wildman–Crippen MR) is 33.4 cm³/mol. The van der Waals surface area contributed by atoms with Gasteiger partial charge in [0.15, 0.2) is 6.29 Å². The fourth-order valence-electron chi connectivity index (χ4n) is 1.01. The molecule has 0 saturated carbocycles. The molecule has 0 aliphatic carbocycles. The number of aliphatic hydroxyl groups excluding tert-OH is 2. The molecule has 2 N–H and O–H groups in total. The topological polar surface area (TPSA) is 58.9 Å². The summed E-state index contributed by atoms with van der Waals surface area (Å²) < 4.78 is 9.87. The van der Waals surface area contributed by atoms with Gasteiger partial charge in [0.2, 0.25) is 0 Å². The van der Waals surface area contributed by atoms with Crippen molar-refractivity contribution in [2.75, 3.05) is 13.7 Å². The zero-order valence-corrected chi connectivity index (χ0v) is 5.86. The van der Waals surface area contributed by atoms with E-state index in [0.717, 1.165) is 0 Å². The van der Waals surface area contributed by atoms with Gasteiger partial charge in [-0.1, -0.05) is 0 Å². The van der Waals surface area contributed by atoms with Crippen LogP contribution in [0.1, 0.15) is 6.42 Å². The van der Waals surface area contributed by atoms with E-state index in [2.05, 4.69) is 0 Å². The third kappa shape index (κ3) is 1.46. The third-order valence-electron chi connectivity index (χ3n) is 1.63. The number of methoxy groups -OCH3 is 1. The van der Waals surface area contributed by atoms with Gasteiger partial charge in [0, 0.05) is 13.5 Å². The lowest BCUT2D eigenvalue weighted by molar-refractivity contribution is -0.127. The van der Waals surface area contributed by atoms with Gasteiger partial charge in [-0.2, -0.15) is 0 Å². The maximum Gasteiger partial charge on any atom is 0.160 e. The van der Waals surface area contributed by atoms with E-state index >= 15 is 0 Å². The van der Waals surface area contributed by atoms with E-state index in [4.69, 9.17) is 19.7 Å². The highest BCUT2D eigenvalue weighted by Gasteiger charge is 2.32. The normalized spacial score (nSPS) is 40.5. The summed E-state index contributed by atoms with van der Waals surface area (Å²) in [5, 5.41) is 17.7. The van der Waals surface area contributed by atoms with Gasteiger partial charge in [0.1, 0.15) is 6.10 Å². The van der Waals surface area contributed by atoms with E-state index in [0.29, 0.717) is 6.42 Å². The molecule has 3 atom stereocenters. The fourth-order valence-corrected chi connectivity index (χ4v) is 1.01. The van der Waals surface area contributed by atoms with Crippen LogP contribution in [0.15, 0.2) is 0 Å². The van der Waals surface area contributed by atoms with Gasteiger partial charge in [-0.25, -0.2) is 0 Å². The minimum absolute atomic E-state index is 0.152. The molecule has 1 heterocycles. The Morgan fingerprint density at radius 1 is 1.70 bits per heavy atom. The summed E-state index contributed by atoms with van der Waals surface area (Å²) in [6.07, 6.45) is -0.964. The second kappa shape index (κ2) is 3.30. The molecule has 1 aliphatic rings. The first-order chi connectivity index (χ1) is 4.77. The van der Waals surface area contributed by atoms with Crippen LogP contribution in [0.4, 0.5) is 0 Å². The van der Waals surface area contributed by atoms with Crippen molar-refractivity contribution >= 4 is 0 Å². The summed E-state index contributed by atoms with van der Waals surface area (Å²) in [5.74, 6) is 0. The number of aliphatic hydroxyl groups is 2. The van der Waals surface area contributed by atoms with E-state index in [-0.39, 0.29) is 12.9 Å². The highest BCUT2D eigenvalue weighted by Crippen LogP contribution is 2.19. The van der Waals surface area contributed by atoms with Crippen LogP contribution in [-0.4, -0.2) is 42.4 Å². The Kier molecular flexibility index (Phi) is 2.62. The molecule has 0 radical (unpaired) electrons. The van der Waals surface area contributed by atoms with Crippen LogP contribution in [0.25, 0.3) is 0 Å². The van der Waals surface area contributed by atoms with Gasteiger partial charge in [-0.15, -0.1) is 0 Å². The van der Waals surface area contributed by atoms with Crippen molar-refractivity contribution in [2.45, 2.75) is 24.9 Å². The van der Waals surface area contributed by atoms with Gasteiger partial charge in [0.05, 0.1) is 12.7 Å². The molecule has 0 amide bonds. The van der Waals surface area contributed by atoms with Crippen molar-refractivity contribution in [1.29, 1.82) is 0 Å². The standard InChI is InChI=1S/C6H12O4/c1-9-6-2-4(8)5(3-7)10-6/h4-8H,2-3H2,1H3/t4-,5+,6+/m0/s1. The van der Waals surface area contributed by atoms with Crippen molar-refractivity contribution in [2.24, 2.45) is 0 Å².